The second-order valence-electron chi connectivity index (χ2n) is 18.8. The summed E-state index contributed by atoms with van der Waals surface area (Å²) in [6.45, 7) is 20.4. The van der Waals surface area contributed by atoms with Crippen molar-refractivity contribution in [3.05, 3.63) is 169 Å². The van der Waals surface area contributed by atoms with Crippen molar-refractivity contribution >= 4 is 32.8 Å². The van der Waals surface area contributed by atoms with Crippen LogP contribution in [-0.2, 0) is 16.2 Å². The Morgan fingerprint density at radius 1 is 0.542 bits per heavy atom. The molecule has 4 heterocycles. The van der Waals surface area contributed by atoms with Gasteiger partial charge >= 0.3 is 0 Å². The molecule has 59 heavy (non-hydrogen) atoms. The van der Waals surface area contributed by atoms with Crippen LogP contribution in [0.5, 0.6) is 11.5 Å². The van der Waals surface area contributed by atoms with Crippen LogP contribution < -0.4 is 9.30 Å². The van der Waals surface area contributed by atoms with Crippen molar-refractivity contribution in [2.45, 2.75) is 78.6 Å². The highest BCUT2D eigenvalue weighted by Crippen LogP contribution is 2.37. The van der Waals surface area contributed by atoms with Gasteiger partial charge in [-0.1, -0.05) is 129 Å². The molecule has 0 fully saturated rings. The smallest absolute Gasteiger partial charge is 0.269 e. The fraction of sp³-hybridized carbons (Fsp3) is 0.226. The van der Waals surface area contributed by atoms with Crippen LogP contribution >= 0.6 is 0 Å². The van der Waals surface area contributed by atoms with Crippen LogP contribution in [0.4, 0.5) is 0 Å². The van der Waals surface area contributed by atoms with E-state index >= 15 is 0 Å². The van der Waals surface area contributed by atoms with Gasteiger partial charge in [-0.3, -0.25) is 18.7 Å². The fourth-order valence-electron chi connectivity index (χ4n) is 7.90. The summed E-state index contributed by atoms with van der Waals surface area (Å²) in [7, 11) is 0. The van der Waals surface area contributed by atoms with E-state index in [0.717, 1.165) is 55.8 Å². The van der Waals surface area contributed by atoms with Gasteiger partial charge in [0.15, 0.2) is 0 Å². The largest absolute Gasteiger partial charge is 0.456 e. The summed E-state index contributed by atoms with van der Waals surface area (Å²) in [4.78, 5) is 9.59. The molecule has 0 aliphatic rings. The zero-order chi connectivity index (χ0) is 41.3. The Morgan fingerprint density at radius 3 is 1.97 bits per heavy atom. The van der Waals surface area contributed by atoms with Crippen LogP contribution in [0.15, 0.2) is 146 Å². The molecule has 0 radical (unpaired) electrons. The van der Waals surface area contributed by atoms with Crippen LogP contribution in [0, 0.1) is 6.33 Å². The minimum atomic E-state index is -0.0324. The normalized spacial score (nSPS) is 12.5. The topological polar surface area (TPSA) is 48.8 Å². The lowest BCUT2D eigenvalue weighted by atomic mass is 9.80. The van der Waals surface area contributed by atoms with Gasteiger partial charge in [0.05, 0.1) is 39.6 Å². The van der Waals surface area contributed by atoms with Crippen molar-refractivity contribution in [1.82, 2.24) is 19.1 Å². The number of aromatic nitrogens is 5. The summed E-state index contributed by atoms with van der Waals surface area (Å²) >= 11 is 0. The summed E-state index contributed by atoms with van der Waals surface area (Å²) in [5.74, 6) is 2.22. The molecule has 6 heteroatoms. The number of hydrogen-bond acceptors (Lipinski definition) is 3. The third-order valence-electron chi connectivity index (χ3n) is 11.4. The van der Waals surface area contributed by atoms with E-state index in [1.807, 2.05) is 24.5 Å². The van der Waals surface area contributed by atoms with Crippen LogP contribution in [0.3, 0.4) is 0 Å². The minimum Gasteiger partial charge on any atom is -0.456 e. The van der Waals surface area contributed by atoms with Crippen molar-refractivity contribution in [1.29, 1.82) is 0 Å². The SMILES string of the molecule is CC(C)(C)c1cc(-[n+]2[c-]n(-c3cncc(Oc4ccc5c6ccccc6n(-c6cc(C(C)(C)C)ccn6)c5c4)c3)c3cc(-c4ccccc4)ccc32)cc(C(C)(C)C)c1. The highest BCUT2D eigenvalue weighted by molar-refractivity contribution is 6.09. The molecule has 6 nitrogen and oxygen atoms in total. The van der Waals surface area contributed by atoms with Crippen LogP contribution in [0.25, 0.3) is 61.2 Å². The number of benzene rings is 5. The average molecular weight is 774 g/mol. The minimum absolute atomic E-state index is 0.0145. The molecule has 9 rings (SSSR count). The molecule has 0 saturated carbocycles. The molecule has 4 aromatic heterocycles. The Morgan fingerprint density at radius 2 is 1.24 bits per heavy atom. The average Bonchev–Trinajstić information content (AvgIpc) is 3.76. The first-order valence-electron chi connectivity index (χ1n) is 20.5. The number of fused-ring (bicyclic) bond motifs is 4. The van der Waals surface area contributed by atoms with Crippen molar-refractivity contribution < 1.29 is 9.30 Å². The van der Waals surface area contributed by atoms with Gasteiger partial charge in [0.1, 0.15) is 17.3 Å². The summed E-state index contributed by atoms with van der Waals surface area (Å²) < 4.78 is 13.2. The number of imidazole rings is 1. The molecular weight excluding hydrogens is 723 g/mol. The van der Waals surface area contributed by atoms with Crippen molar-refractivity contribution in [2.75, 3.05) is 0 Å². The first kappa shape index (κ1) is 38.0. The molecule has 5 aromatic carbocycles. The molecule has 0 N–H and O–H groups in total. The molecule has 294 valence electrons. The molecule has 0 saturated heterocycles. The maximum Gasteiger partial charge on any atom is 0.269 e. The third kappa shape index (κ3) is 7.18. The van der Waals surface area contributed by atoms with E-state index < -0.39 is 0 Å². The molecule has 0 atom stereocenters. The van der Waals surface area contributed by atoms with E-state index in [0.29, 0.717) is 11.5 Å². The summed E-state index contributed by atoms with van der Waals surface area (Å²) in [6.07, 6.45) is 9.32. The van der Waals surface area contributed by atoms with E-state index in [4.69, 9.17) is 14.7 Å². The van der Waals surface area contributed by atoms with E-state index in [-0.39, 0.29) is 16.2 Å². The first-order chi connectivity index (χ1) is 28.1. The zero-order valence-electron chi connectivity index (χ0n) is 35.5. The molecule has 0 amide bonds. The summed E-state index contributed by atoms with van der Waals surface area (Å²) in [6, 6.07) is 45.3. The van der Waals surface area contributed by atoms with Crippen LogP contribution in [-0.4, -0.2) is 19.1 Å². The van der Waals surface area contributed by atoms with Gasteiger partial charge in [-0.05, 0) is 98.7 Å². The van der Waals surface area contributed by atoms with Gasteiger partial charge < -0.3 is 4.74 Å². The highest BCUT2D eigenvalue weighted by atomic mass is 16.5. The number of pyridine rings is 2. The Balaban J connectivity index is 1.17. The lowest BCUT2D eigenvalue weighted by molar-refractivity contribution is -0.572. The number of nitrogens with zero attached hydrogens (tertiary/aromatic N) is 5. The van der Waals surface area contributed by atoms with Gasteiger partial charge in [0.25, 0.3) is 6.33 Å². The predicted molar refractivity (Wildman–Crippen MR) is 242 cm³/mol. The Bertz CT molecular complexity index is 2990. The lowest BCUT2D eigenvalue weighted by Crippen LogP contribution is -2.31. The van der Waals surface area contributed by atoms with Gasteiger partial charge in [0, 0.05) is 29.2 Å². The highest BCUT2D eigenvalue weighted by Gasteiger charge is 2.23. The predicted octanol–water partition coefficient (Wildman–Crippen LogP) is 12.9. The maximum absolute atomic E-state index is 6.69. The van der Waals surface area contributed by atoms with Crippen LogP contribution in [0.2, 0.25) is 0 Å². The molecule has 0 spiro atoms. The number of ether oxygens (including phenoxy) is 1. The molecular formula is C53H51N5O. The fourth-order valence-corrected chi connectivity index (χ4v) is 7.90. The monoisotopic (exact) mass is 773 g/mol. The van der Waals surface area contributed by atoms with Crippen molar-refractivity contribution in [3.8, 4) is 39.8 Å². The Hall–Kier alpha value is -6.53. The van der Waals surface area contributed by atoms with Gasteiger partial charge in [-0.2, -0.15) is 0 Å². The van der Waals surface area contributed by atoms with Crippen molar-refractivity contribution in [3.63, 3.8) is 0 Å². The van der Waals surface area contributed by atoms with E-state index in [1.165, 1.54) is 22.1 Å². The zero-order valence-corrected chi connectivity index (χ0v) is 35.5. The second-order valence-corrected chi connectivity index (χ2v) is 18.8. The third-order valence-corrected chi connectivity index (χ3v) is 11.4. The van der Waals surface area contributed by atoms with Gasteiger partial charge in [0.2, 0.25) is 0 Å². The molecule has 0 aliphatic heterocycles. The Kier molecular flexibility index (Phi) is 9.08. The number of hydrogen-bond donors (Lipinski definition) is 0. The van der Waals surface area contributed by atoms with Crippen molar-refractivity contribution in [2.24, 2.45) is 0 Å². The van der Waals surface area contributed by atoms with E-state index in [9.17, 15) is 0 Å². The standard InChI is InChI=1S/C53H51N5O/c1-51(2,3)37-23-24-55-50(29-37)58-46-18-14-13-17-44(46)45-21-20-42(31-48(45)58)59-43-30-41(32-54-33-43)57-34-56(40-27-38(52(4,5)6)26-39(28-40)53(7,8)9)47-22-19-36(25-49(47)57)35-15-11-10-12-16-35/h10-33H,1-9H3. The Labute approximate surface area is 347 Å². The first-order valence-corrected chi connectivity index (χ1v) is 20.5. The van der Waals surface area contributed by atoms with Gasteiger partial charge in [-0.15, -0.1) is 0 Å². The van der Waals surface area contributed by atoms with E-state index in [1.54, 1.807) is 6.20 Å². The quantitative estimate of drug-likeness (QED) is 0.125. The second kappa shape index (κ2) is 14.1. The lowest BCUT2D eigenvalue weighted by Gasteiger charge is -2.26. The number of para-hydroxylation sites is 1. The summed E-state index contributed by atoms with van der Waals surface area (Å²) in [5.41, 5.74) is 12.1. The maximum atomic E-state index is 6.69. The van der Waals surface area contributed by atoms with Crippen LogP contribution in [0.1, 0.15) is 79.0 Å². The molecule has 0 aliphatic carbocycles. The molecule has 0 unspecified atom stereocenters. The van der Waals surface area contributed by atoms with E-state index in [2.05, 4.69) is 198 Å². The molecule has 0 bridgehead atoms. The molecule has 9 aromatic rings. The summed E-state index contributed by atoms with van der Waals surface area (Å²) in [5, 5.41) is 2.31. The van der Waals surface area contributed by atoms with Gasteiger partial charge in [-0.25, -0.2) is 4.98 Å². The number of rotatable bonds is 6.